The van der Waals surface area contributed by atoms with Gasteiger partial charge in [-0.2, -0.15) is 0 Å². The number of amides is 2. The van der Waals surface area contributed by atoms with Crippen molar-refractivity contribution in [2.24, 2.45) is 11.7 Å². The Morgan fingerprint density at radius 3 is 2.45 bits per heavy atom. The summed E-state index contributed by atoms with van der Waals surface area (Å²) in [5, 5.41) is 3.95. The Morgan fingerprint density at radius 2 is 1.79 bits per heavy atom. The Balaban J connectivity index is 1.40. The molecule has 6 nitrogen and oxygen atoms in total. The van der Waals surface area contributed by atoms with Crippen molar-refractivity contribution in [2.45, 2.75) is 39.5 Å². The number of primary amides is 1. The highest BCUT2D eigenvalue weighted by Crippen LogP contribution is 2.25. The number of fused-ring (bicyclic) bond motifs is 1. The van der Waals surface area contributed by atoms with E-state index in [1.54, 1.807) is 0 Å². The fraction of sp³-hybridized carbons (Fsp3) is 0.370. The highest BCUT2D eigenvalue weighted by Gasteiger charge is 2.22. The van der Waals surface area contributed by atoms with Crippen LogP contribution in [0.5, 0.6) is 0 Å². The number of nitrogens with zero attached hydrogens (tertiary/aromatic N) is 2. The number of aryl methyl sites for hydroxylation is 1. The molecule has 0 bridgehead atoms. The predicted octanol–water partition coefficient (Wildman–Crippen LogP) is 4.10. The van der Waals surface area contributed by atoms with Crippen molar-refractivity contribution in [3.63, 3.8) is 0 Å². The van der Waals surface area contributed by atoms with Crippen molar-refractivity contribution in [1.29, 1.82) is 0 Å². The lowest BCUT2D eigenvalue weighted by molar-refractivity contribution is -0.123. The minimum atomic E-state index is -0.173. The van der Waals surface area contributed by atoms with Gasteiger partial charge in [-0.1, -0.05) is 37.3 Å². The molecule has 0 atom stereocenters. The number of rotatable bonds is 7. The third-order valence-electron chi connectivity index (χ3n) is 6.72. The summed E-state index contributed by atoms with van der Waals surface area (Å²) in [7, 11) is 0. The average molecular weight is 445 g/mol. The van der Waals surface area contributed by atoms with E-state index in [9.17, 15) is 9.59 Å². The Bertz CT molecular complexity index is 1150. The molecule has 33 heavy (non-hydrogen) atoms. The fourth-order valence-corrected chi connectivity index (χ4v) is 4.67. The number of carbonyl (C=O) groups is 2. The lowest BCUT2D eigenvalue weighted by Gasteiger charge is -2.30. The normalized spacial score (nSPS) is 15.0. The zero-order valence-electron chi connectivity index (χ0n) is 19.4. The lowest BCUT2D eigenvalue weighted by Crippen LogP contribution is -2.39. The second-order valence-electron chi connectivity index (χ2n) is 8.85. The summed E-state index contributed by atoms with van der Waals surface area (Å²) < 4.78 is 0. The Morgan fingerprint density at radius 1 is 1.09 bits per heavy atom. The molecule has 4 rings (SSSR count). The van der Waals surface area contributed by atoms with Crippen LogP contribution in [0.3, 0.4) is 0 Å². The monoisotopic (exact) mass is 444 g/mol. The number of piperidine rings is 1. The van der Waals surface area contributed by atoms with E-state index >= 15 is 0 Å². The van der Waals surface area contributed by atoms with Crippen molar-refractivity contribution < 1.29 is 9.59 Å². The van der Waals surface area contributed by atoms with Crippen molar-refractivity contribution >= 4 is 28.4 Å². The molecular formula is C27H32N4O2. The maximum Gasteiger partial charge on any atom is 0.256 e. The second-order valence-corrected chi connectivity index (χ2v) is 8.85. The van der Waals surface area contributed by atoms with E-state index < -0.39 is 0 Å². The van der Waals surface area contributed by atoms with Gasteiger partial charge in [0.2, 0.25) is 5.91 Å². The summed E-state index contributed by atoms with van der Waals surface area (Å²) in [5.74, 6) is -0.252. The minimum absolute atomic E-state index is 0.0266. The smallest absolute Gasteiger partial charge is 0.256 e. The van der Waals surface area contributed by atoms with E-state index in [1.165, 1.54) is 5.56 Å². The van der Waals surface area contributed by atoms with E-state index in [4.69, 9.17) is 10.7 Å². The first-order valence-electron chi connectivity index (χ1n) is 11.8. The fourth-order valence-electron chi connectivity index (χ4n) is 4.67. The number of para-hydroxylation sites is 1. The molecule has 1 saturated heterocycles. The standard InChI is InChI=1S/C27H32N4O2/c1-3-23-18(2)25(22-6-4-5-7-24(22)30-23)27(33)29-21-10-8-19(9-11-21)12-15-31-16-13-20(14-17-31)26(28)32/h4-11,20H,3,12-17H2,1-2H3,(H2,28,32)(H,29,33). The molecule has 0 unspecified atom stereocenters. The van der Waals surface area contributed by atoms with Crippen molar-refractivity contribution in [2.75, 3.05) is 25.0 Å². The molecule has 0 radical (unpaired) electrons. The van der Waals surface area contributed by atoms with Crippen molar-refractivity contribution in [1.82, 2.24) is 9.88 Å². The zero-order chi connectivity index (χ0) is 23.4. The van der Waals surface area contributed by atoms with Crippen LogP contribution in [0.25, 0.3) is 10.9 Å². The molecule has 1 aliphatic rings. The second kappa shape index (κ2) is 10.1. The van der Waals surface area contributed by atoms with E-state index in [1.807, 2.05) is 43.3 Å². The van der Waals surface area contributed by atoms with E-state index in [0.717, 1.165) is 73.2 Å². The van der Waals surface area contributed by atoms with Gasteiger partial charge in [0, 0.05) is 29.2 Å². The number of aromatic nitrogens is 1. The molecule has 2 amide bonds. The summed E-state index contributed by atoms with van der Waals surface area (Å²) in [6.07, 6.45) is 3.42. The maximum absolute atomic E-state index is 13.2. The van der Waals surface area contributed by atoms with Gasteiger partial charge in [-0.05, 0) is 75.0 Å². The maximum atomic E-state index is 13.2. The van der Waals surface area contributed by atoms with Crippen LogP contribution in [0.4, 0.5) is 5.69 Å². The summed E-state index contributed by atoms with van der Waals surface area (Å²) >= 11 is 0. The molecule has 0 aliphatic carbocycles. The predicted molar refractivity (Wildman–Crippen MR) is 132 cm³/mol. The number of hydrogen-bond acceptors (Lipinski definition) is 4. The molecule has 1 aromatic heterocycles. The molecule has 1 fully saturated rings. The number of benzene rings is 2. The summed E-state index contributed by atoms with van der Waals surface area (Å²) in [6.45, 7) is 6.83. The summed E-state index contributed by atoms with van der Waals surface area (Å²) in [6, 6.07) is 15.9. The SMILES string of the molecule is CCc1nc2ccccc2c(C(=O)Nc2ccc(CCN3CCC(C(N)=O)CC3)cc2)c1C. The van der Waals surface area contributed by atoms with E-state index in [-0.39, 0.29) is 17.7 Å². The topological polar surface area (TPSA) is 88.3 Å². The number of nitrogens with one attached hydrogen (secondary N) is 1. The van der Waals surface area contributed by atoms with Gasteiger partial charge in [-0.15, -0.1) is 0 Å². The van der Waals surface area contributed by atoms with Gasteiger partial charge >= 0.3 is 0 Å². The number of nitrogens with two attached hydrogens (primary N) is 1. The highest BCUT2D eigenvalue weighted by molar-refractivity contribution is 6.13. The van der Waals surface area contributed by atoms with Gasteiger partial charge in [0.05, 0.1) is 11.1 Å². The molecular weight excluding hydrogens is 412 g/mol. The first-order valence-corrected chi connectivity index (χ1v) is 11.8. The Kier molecular flexibility index (Phi) is 7.04. The average Bonchev–Trinajstić information content (AvgIpc) is 2.83. The minimum Gasteiger partial charge on any atom is -0.369 e. The molecule has 0 spiro atoms. The lowest BCUT2D eigenvalue weighted by atomic mass is 9.96. The van der Waals surface area contributed by atoms with Crippen LogP contribution in [0.2, 0.25) is 0 Å². The Labute approximate surface area is 195 Å². The third kappa shape index (κ3) is 5.22. The van der Waals surface area contributed by atoms with Gasteiger partial charge in [-0.25, -0.2) is 0 Å². The van der Waals surface area contributed by atoms with Gasteiger partial charge in [-0.3, -0.25) is 14.6 Å². The summed E-state index contributed by atoms with van der Waals surface area (Å²) in [4.78, 5) is 31.7. The van der Waals surface area contributed by atoms with Crippen LogP contribution in [-0.2, 0) is 17.6 Å². The largest absolute Gasteiger partial charge is 0.369 e. The van der Waals surface area contributed by atoms with Crippen LogP contribution in [0.15, 0.2) is 48.5 Å². The molecule has 6 heteroatoms. The number of hydrogen-bond donors (Lipinski definition) is 2. The van der Waals surface area contributed by atoms with Crippen LogP contribution in [-0.4, -0.2) is 41.3 Å². The van der Waals surface area contributed by atoms with Crippen molar-refractivity contribution in [3.05, 3.63) is 70.9 Å². The van der Waals surface area contributed by atoms with Crippen LogP contribution < -0.4 is 11.1 Å². The first kappa shape index (κ1) is 22.9. The van der Waals surface area contributed by atoms with Crippen LogP contribution in [0.1, 0.15) is 46.9 Å². The number of anilines is 1. The van der Waals surface area contributed by atoms with Gasteiger partial charge in [0.15, 0.2) is 0 Å². The molecule has 1 aliphatic heterocycles. The zero-order valence-corrected chi connectivity index (χ0v) is 19.4. The quantitative estimate of drug-likeness (QED) is 0.574. The van der Waals surface area contributed by atoms with Crippen LogP contribution >= 0.6 is 0 Å². The molecule has 2 heterocycles. The van der Waals surface area contributed by atoms with Crippen LogP contribution in [0, 0.1) is 12.8 Å². The van der Waals surface area contributed by atoms with Crippen molar-refractivity contribution in [3.8, 4) is 0 Å². The number of pyridine rings is 1. The Hall–Kier alpha value is -3.25. The third-order valence-corrected chi connectivity index (χ3v) is 6.72. The molecule has 3 aromatic rings. The van der Waals surface area contributed by atoms with Gasteiger partial charge < -0.3 is 16.0 Å². The summed E-state index contributed by atoms with van der Waals surface area (Å²) in [5.41, 5.74) is 10.9. The highest BCUT2D eigenvalue weighted by atomic mass is 16.2. The van der Waals surface area contributed by atoms with Gasteiger partial charge in [0.1, 0.15) is 0 Å². The number of carbonyl (C=O) groups excluding carboxylic acids is 2. The molecule has 2 aromatic carbocycles. The van der Waals surface area contributed by atoms with E-state index in [2.05, 4.69) is 29.3 Å². The number of likely N-dealkylation sites (tertiary alicyclic amines) is 1. The van der Waals surface area contributed by atoms with E-state index in [0.29, 0.717) is 5.56 Å². The van der Waals surface area contributed by atoms with Gasteiger partial charge in [0.25, 0.3) is 5.91 Å². The first-order chi connectivity index (χ1) is 16.0. The molecule has 172 valence electrons. The molecule has 3 N–H and O–H groups in total. The molecule has 0 saturated carbocycles.